The lowest BCUT2D eigenvalue weighted by molar-refractivity contribution is 0.102. The topological polar surface area (TPSA) is 45.5 Å². The summed E-state index contributed by atoms with van der Waals surface area (Å²) < 4.78 is 19.7. The first-order valence-corrected chi connectivity index (χ1v) is 10.3. The highest BCUT2D eigenvalue weighted by Crippen LogP contribution is 2.31. The van der Waals surface area contributed by atoms with E-state index in [0.717, 1.165) is 72.8 Å². The number of nitrogens with zero attached hydrogens (tertiary/aromatic N) is 2. The van der Waals surface area contributed by atoms with E-state index in [1.54, 1.807) is 7.11 Å². The van der Waals surface area contributed by atoms with Crippen molar-refractivity contribution in [1.29, 1.82) is 0 Å². The van der Waals surface area contributed by atoms with E-state index in [1.807, 2.05) is 24.3 Å². The molecule has 5 heteroatoms. The number of rotatable bonds is 9. The van der Waals surface area contributed by atoms with Gasteiger partial charge in [-0.3, -0.25) is 0 Å². The van der Waals surface area contributed by atoms with Crippen LogP contribution in [-0.2, 0) is 17.7 Å². The number of allylic oxidation sites excluding steroid dienone is 1. The van der Waals surface area contributed by atoms with Crippen molar-refractivity contribution in [2.75, 3.05) is 20.3 Å². The Kier molecular flexibility index (Phi) is 6.15. The third-order valence-electron chi connectivity index (χ3n) is 5.29. The monoisotopic (exact) mass is 392 g/mol. The Bertz CT molecular complexity index is 973. The van der Waals surface area contributed by atoms with Crippen LogP contribution in [0.5, 0.6) is 11.5 Å². The van der Waals surface area contributed by atoms with Gasteiger partial charge in [0.2, 0.25) is 0 Å². The van der Waals surface area contributed by atoms with Crippen molar-refractivity contribution in [3.8, 4) is 11.5 Å². The van der Waals surface area contributed by atoms with Gasteiger partial charge < -0.3 is 18.8 Å². The number of benzene rings is 2. The first-order chi connectivity index (χ1) is 14.3. The van der Waals surface area contributed by atoms with E-state index in [4.69, 9.17) is 19.2 Å². The maximum Gasteiger partial charge on any atom is 0.161 e. The van der Waals surface area contributed by atoms with Crippen LogP contribution in [0.25, 0.3) is 11.0 Å². The van der Waals surface area contributed by atoms with Crippen LogP contribution in [0.2, 0.25) is 0 Å². The molecule has 0 radical (unpaired) electrons. The summed E-state index contributed by atoms with van der Waals surface area (Å²) in [6.45, 7) is 6.05. The molecule has 0 aliphatic carbocycles. The quantitative estimate of drug-likeness (QED) is 0.376. The standard InChI is InChI=1S/C24H28N2O3/c1-3-8-18-12-13-21(23(17-18)27-2)28-16-7-14-26-20-10-5-4-9-19(20)25-24(26)22-11-6-15-29-22/h3-5,9-10,12-13,17,22H,1,6-8,11,14-16H2,2H3. The van der Waals surface area contributed by atoms with Gasteiger partial charge in [0.1, 0.15) is 11.9 Å². The molecule has 1 aliphatic heterocycles. The predicted molar refractivity (Wildman–Crippen MR) is 115 cm³/mol. The van der Waals surface area contributed by atoms with Crippen molar-refractivity contribution in [3.05, 3.63) is 66.5 Å². The largest absolute Gasteiger partial charge is 0.493 e. The van der Waals surface area contributed by atoms with Crippen LogP contribution >= 0.6 is 0 Å². The Hall–Kier alpha value is -2.79. The van der Waals surface area contributed by atoms with Gasteiger partial charge in [0.25, 0.3) is 0 Å². The minimum absolute atomic E-state index is 0.0980. The average Bonchev–Trinajstić information content (AvgIpc) is 3.40. The lowest BCUT2D eigenvalue weighted by Crippen LogP contribution is -2.11. The molecule has 2 heterocycles. The van der Waals surface area contributed by atoms with Crippen LogP contribution in [0.4, 0.5) is 0 Å². The zero-order valence-electron chi connectivity index (χ0n) is 17.0. The van der Waals surface area contributed by atoms with Crippen molar-refractivity contribution in [1.82, 2.24) is 9.55 Å². The Morgan fingerprint density at radius 2 is 2.14 bits per heavy atom. The van der Waals surface area contributed by atoms with Crippen LogP contribution in [0.15, 0.2) is 55.1 Å². The maximum atomic E-state index is 6.02. The number of ether oxygens (including phenoxy) is 3. The molecular weight excluding hydrogens is 364 g/mol. The third-order valence-corrected chi connectivity index (χ3v) is 5.29. The highest BCUT2D eigenvalue weighted by molar-refractivity contribution is 5.76. The predicted octanol–water partition coefficient (Wildman–Crippen LogP) is 5.09. The first kappa shape index (κ1) is 19.5. The minimum Gasteiger partial charge on any atom is -0.493 e. The smallest absolute Gasteiger partial charge is 0.161 e. The second-order valence-corrected chi connectivity index (χ2v) is 7.29. The zero-order chi connectivity index (χ0) is 20.1. The maximum absolute atomic E-state index is 6.02. The van der Waals surface area contributed by atoms with Gasteiger partial charge in [-0.2, -0.15) is 0 Å². The molecule has 3 aromatic rings. The number of hydrogen-bond donors (Lipinski definition) is 0. The summed E-state index contributed by atoms with van der Waals surface area (Å²) in [6.07, 6.45) is 5.80. The summed E-state index contributed by atoms with van der Waals surface area (Å²) in [5.41, 5.74) is 3.35. The highest BCUT2D eigenvalue weighted by Gasteiger charge is 2.24. The Labute approximate surface area is 171 Å². The van der Waals surface area contributed by atoms with E-state index < -0.39 is 0 Å². The Morgan fingerprint density at radius 1 is 1.24 bits per heavy atom. The zero-order valence-corrected chi connectivity index (χ0v) is 17.0. The molecule has 1 saturated heterocycles. The number of fused-ring (bicyclic) bond motifs is 1. The number of aromatic nitrogens is 2. The van der Waals surface area contributed by atoms with Gasteiger partial charge in [0, 0.05) is 13.2 Å². The normalized spacial score (nSPS) is 16.2. The molecule has 0 saturated carbocycles. The first-order valence-electron chi connectivity index (χ1n) is 10.3. The van der Waals surface area contributed by atoms with Crippen molar-refractivity contribution in [2.45, 2.75) is 38.3 Å². The summed E-state index contributed by atoms with van der Waals surface area (Å²) in [5, 5.41) is 0. The van der Waals surface area contributed by atoms with E-state index in [2.05, 4.69) is 35.4 Å². The minimum atomic E-state index is 0.0980. The van der Waals surface area contributed by atoms with Gasteiger partial charge in [0.05, 0.1) is 24.8 Å². The molecule has 0 N–H and O–H groups in total. The molecule has 1 aliphatic rings. The molecule has 0 amide bonds. The molecular formula is C24H28N2O3. The molecule has 2 aromatic carbocycles. The van der Waals surface area contributed by atoms with E-state index in [1.165, 1.54) is 0 Å². The third kappa shape index (κ3) is 4.30. The summed E-state index contributed by atoms with van der Waals surface area (Å²) in [6, 6.07) is 14.3. The number of methoxy groups -OCH3 is 1. The molecule has 29 heavy (non-hydrogen) atoms. The highest BCUT2D eigenvalue weighted by atomic mass is 16.5. The van der Waals surface area contributed by atoms with Gasteiger partial charge >= 0.3 is 0 Å². The van der Waals surface area contributed by atoms with Gasteiger partial charge in [0.15, 0.2) is 11.5 Å². The molecule has 1 atom stereocenters. The van der Waals surface area contributed by atoms with Crippen LogP contribution in [-0.4, -0.2) is 29.9 Å². The van der Waals surface area contributed by atoms with E-state index in [9.17, 15) is 0 Å². The van der Waals surface area contributed by atoms with Crippen molar-refractivity contribution in [3.63, 3.8) is 0 Å². The lowest BCUT2D eigenvalue weighted by atomic mass is 10.1. The van der Waals surface area contributed by atoms with Crippen LogP contribution in [0.1, 0.15) is 36.8 Å². The molecule has 1 unspecified atom stereocenters. The number of hydrogen-bond acceptors (Lipinski definition) is 4. The Morgan fingerprint density at radius 3 is 2.93 bits per heavy atom. The number of para-hydroxylation sites is 2. The summed E-state index contributed by atoms with van der Waals surface area (Å²) in [5.74, 6) is 2.57. The van der Waals surface area contributed by atoms with Crippen molar-refractivity contribution < 1.29 is 14.2 Å². The second-order valence-electron chi connectivity index (χ2n) is 7.29. The van der Waals surface area contributed by atoms with E-state index in [-0.39, 0.29) is 6.10 Å². The lowest BCUT2D eigenvalue weighted by Gasteiger charge is -2.15. The molecule has 1 aromatic heterocycles. The fourth-order valence-electron chi connectivity index (χ4n) is 3.89. The SMILES string of the molecule is C=CCc1ccc(OCCCn2c(C3CCCO3)nc3ccccc32)c(OC)c1. The second kappa shape index (κ2) is 9.14. The van der Waals surface area contributed by atoms with Crippen LogP contribution in [0, 0.1) is 0 Å². The fraction of sp³-hybridized carbons (Fsp3) is 0.375. The van der Waals surface area contributed by atoms with Gasteiger partial charge in [-0.25, -0.2) is 4.98 Å². The molecule has 4 rings (SSSR count). The fourth-order valence-corrected chi connectivity index (χ4v) is 3.89. The molecule has 0 bridgehead atoms. The van der Waals surface area contributed by atoms with Gasteiger partial charge in [-0.05, 0) is 55.5 Å². The van der Waals surface area contributed by atoms with Crippen molar-refractivity contribution >= 4 is 11.0 Å². The number of imidazole rings is 1. The van der Waals surface area contributed by atoms with Crippen LogP contribution < -0.4 is 9.47 Å². The van der Waals surface area contributed by atoms with Gasteiger partial charge in [-0.1, -0.05) is 24.3 Å². The molecule has 5 nitrogen and oxygen atoms in total. The summed E-state index contributed by atoms with van der Waals surface area (Å²) >= 11 is 0. The van der Waals surface area contributed by atoms with E-state index >= 15 is 0 Å². The molecule has 152 valence electrons. The van der Waals surface area contributed by atoms with Crippen molar-refractivity contribution in [2.24, 2.45) is 0 Å². The molecule has 1 fully saturated rings. The van der Waals surface area contributed by atoms with Crippen LogP contribution in [0.3, 0.4) is 0 Å². The Balaban J connectivity index is 1.44. The number of aryl methyl sites for hydroxylation is 1. The summed E-state index contributed by atoms with van der Waals surface area (Å²) in [7, 11) is 1.67. The summed E-state index contributed by atoms with van der Waals surface area (Å²) in [4.78, 5) is 4.86. The van der Waals surface area contributed by atoms with Gasteiger partial charge in [-0.15, -0.1) is 6.58 Å². The average molecular weight is 392 g/mol. The molecule has 0 spiro atoms. The van der Waals surface area contributed by atoms with E-state index in [0.29, 0.717) is 6.61 Å².